The van der Waals surface area contributed by atoms with Crippen molar-refractivity contribution in [2.75, 3.05) is 7.11 Å². The van der Waals surface area contributed by atoms with E-state index >= 15 is 0 Å². The van der Waals surface area contributed by atoms with Gasteiger partial charge in [0.1, 0.15) is 0 Å². The molecular weight excluding hydrogens is 188 g/mol. The molecule has 0 amide bonds. The SMILES string of the molecule is COc1cccc(C(O)C(=O)O)c1O. The van der Waals surface area contributed by atoms with Crippen LogP contribution in [0.25, 0.3) is 0 Å². The van der Waals surface area contributed by atoms with Gasteiger partial charge >= 0.3 is 5.97 Å². The van der Waals surface area contributed by atoms with Crippen molar-refractivity contribution >= 4 is 5.97 Å². The quantitative estimate of drug-likeness (QED) is 0.659. The van der Waals surface area contributed by atoms with Crippen molar-refractivity contribution in [1.82, 2.24) is 0 Å². The van der Waals surface area contributed by atoms with Gasteiger partial charge in [-0.05, 0) is 6.07 Å². The van der Waals surface area contributed by atoms with Crippen LogP contribution in [0.4, 0.5) is 0 Å². The number of ether oxygens (including phenoxy) is 1. The smallest absolute Gasteiger partial charge is 0.337 e. The van der Waals surface area contributed by atoms with Crippen molar-refractivity contribution in [1.29, 1.82) is 0 Å². The van der Waals surface area contributed by atoms with E-state index in [9.17, 15) is 15.0 Å². The first-order valence-corrected chi connectivity index (χ1v) is 3.84. The van der Waals surface area contributed by atoms with Crippen LogP contribution in [0.2, 0.25) is 0 Å². The maximum absolute atomic E-state index is 10.4. The van der Waals surface area contributed by atoms with Gasteiger partial charge in [0.25, 0.3) is 0 Å². The van der Waals surface area contributed by atoms with Crippen LogP contribution in [-0.2, 0) is 4.79 Å². The summed E-state index contributed by atoms with van der Waals surface area (Å²) in [5, 5.41) is 27.2. The molecule has 0 aliphatic carbocycles. The third-order valence-electron chi connectivity index (χ3n) is 1.78. The summed E-state index contributed by atoms with van der Waals surface area (Å²) in [6.45, 7) is 0. The lowest BCUT2D eigenvalue weighted by Crippen LogP contribution is -2.10. The van der Waals surface area contributed by atoms with E-state index in [1.165, 1.54) is 25.3 Å². The third kappa shape index (κ3) is 1.77. The summed E-state index contributed by atoms with van der Waals surface area (Å²) < 4.78 is 4.76. The van der Waals surface area contributed by atoms with Gasteiger partial charge in [-0.1, -0.05) is 12.1 Å². The van der Waals surface area contributed by atoms with Crippen LogP contribution in [0.1, 0.15) is 11.7 Å². The molecule has 0 aliphatic rings. The number of rotatable bonds is 3. The molecule has 1 aromatic rings. The first kappa shape index (κ1) is 10.3. The van der Waals surface area contributed by atoms with Gasteiger partial charge in [-0.3, -0.25) is 0 Å². The second-order valence-electron chi connectivity index (χ2n) is 2.64. The van der Waals surface area contributed by atoms with Gasteiger partial charge in [0.05, 0.1) is 7.11 Å². The number of aliphatic hydroxyl groups excluding tert-OH is 1. The highest BCUT2D eigenvalue weighted by Gasteiger charge is 2.21. The monoisotopic (exact) mass is 198 g/mol. The van der Waals surface area contributed by atoms with Gasteiger partial charge in [0.2, 0.25) is 0 Å². The van der Waals surface area contributed by atoms with E-state index in [1.807, 2.05) is 0 Å². The largest absolute Gasteiger partial charge is 0.504 e. The Kier molecular flexibility index (Phi) is 2.93. The van der Waals surface area contributed by atoms with E-state index in [4.69, 9.17) is 9.84 Å². The van der Waals surface area contributed by atoms with Gasteiger partial charge in [0, 0.05) is 5.56 Å². The van der Waals surface area contributed by atoms with Gasteiger partial charge in [-0.2, -0.15) is 0 Å². The van der Waals surface area contributed by atoms with Crippen LogP contribution in [0, 0.1) is 0 Å². The zero-order valence-electron chi connectivity index (χ0n) is 7.47. The van der Waals surface area contributed by atoms with Crippen LogP contribution in [0.3, 0.4) is 0 Å². The van der Waals surface area contributed by atoms with Crippen molar-refractivity contribution < 1.29 is 24.9 Å². The topological polar surface area (TPSA) is 87.0 Å². The second-order valence-corrected chi connectivity index (χ2v) is 2.64. The van der Waals surface area contributed by atoms with E-state index < -0.39 is 12.1 Å². The van der Waals surface area contributed by atoms with E-state index in [-0.39, 0.29) is 17.1 Å². The molecule has 3 N–H and O–H groups in total. The molecule has 0 radical (unpaired) electrons. The van der Waals surface area contributed by atoms with Crippen LogP contribution in [-0.4, -0.2) is 28.4 Å². The molecule has 0 aliphatic heterocycles. The molecule has 0 bridgehead atoms. The average Bonchev–Trinajstić information content (AvgIpc) is 2.17. The lowest BCUT2D eigenvalue weighted by molar-refractivity contribution is -0.147. The number of hydrogen-bond donors (Lipinski definition) is 3. The summed E-state index contributed by atoms with van der Waals surface area (Å²) in [5.74, 6) is -1.65. The minimum absolute atomic E-state index is 0.0862. The summed E-state index contributed by atoms with van der Waals surface area (Å²) in [5.41, 5.74) is -0.0862. The molecule has 0 heterocycles. The standard InChI is InChI=1S/C9H10O5/c1-14-6-4-2-3-5(7(6)10)8(11)9(12)13/h2-4,8,10-11H,1H3,(H,12,13). The minimum atomic E-state index is -1.75. The number of carboxylic acids is 1. The van der Waals surface area contributed by atoms with E-state index in [2.05, 4.69) is 0 Å². The molecule has 0 aromatic heterocycles. The molecular formula is C9H10O5. The number of hydrogen-bond acceptors (Lipinski definition) is 4. The van der Waals surface area contributed by atoms with Crippen LogP contribution >= 0.6 is 0 Å². The number of methoxy groups -OCH3 is 1. The molecule has 5 nitrogen and oxygen atoms in total. The van der Waals surface area contributed by atoms with Crippen LogP contribution in [0.15, 0.2) is 18.2 Å². The summed E-state index contributed by atoms with van der Waals surface area (Å²) in [6.07, 6.45) is -1.75. The Morgan fingerprint density at radius 1 is 1.50 bits per heavy atom. The minimum Gasteiger partial charge on any atom is -0.504 e. The molecule has 0 fully saturated rings. The Morgan fingerprint density at radius 3 is 2.64 bits per heavy atom. The fraction of sp³-hybridized carbons (Fsp3) is 0.222. The molecule has 1 unspecified atom stereocenters. The third-order valence-corrected chi connectivity index (χ3v) is 1.78. The number of phenols is 1. The Morgan fingerprint density at radius 2 is 2.14 bits per heavy atom. The van der Waals surface area contributed by atoms with Gasteiger partial charge in [0.15, 0.2) is 17.6 Å². The Balaban J connectivity index is 3.15. The lowest BCUT2D eigenvalue weighted by atomic mass is 10.1. The lowest BCUT2D eigenvalue weighted by Gasteiger charge is -2.10. The molecule has 0 saturated heterocycles. The van der Waals surface area contributed by atoms with Crippen molar-refractivity contribution in [2.45, 2.75) is 6.10 Å². The van der Waals surface area contributed by atoms with Crippen molar-refractivity contribution in [3.8, 4) is 11.5 Å². The predicted molar refractivity (Wildman–Crippen MR) is 47.3 cm³/mol. The normalized spacial score (nSPS) is 12.1. The van der Waals surface area contributed by atoms with E-state index in [1.54, 1.807) is 0 Å². The number of benzene rings is 1. The molecule has 0 saturated carbocycles. The highest BCUT2D eigenvalue weighted by Crippen LogP contribution is 2.33. The number of aliphatic carboxylic acids is 1. The molecule has 1 aromatic carbocycles. The maximum atomic E-state index is 10.4. The van der Waals surface area contributed by atoms with Gasteiger partial charge in [-0.25, -0.2) is 4.79 Å². The average molecular weight is 198 g/mol. The summed E-state index contributed by atoms with van der Waals surface area (Å²) in [6, 6.07) is 4.27. The number of phenolic OH excluding ortho intramolecular Hbond substituents is 1. The number of aromatic hydroxyl groups is 1. The van der Waals surface area contributed by atoms with Crippen molar-refractivity contribution in [3.63, 3.8) is 0 Å². The first-order chi connectivity index (χ1) is 6.57. The zero-order chi connectivity index (χ0) is 10.7. The highest BCUT2D eigenvalue weighted by atomic mass is 16.5. The predicted octanol–water partition coefficient (Wildman–Crippen LogP) is 0.519. The molecule has 76 valence electrons. The molecule has 0 spiro atoms. The Bertz CT molecular complexity index is 347. The molecule has 1 rings (SSSR count). The van der Waals surface area contributed by atoms with Crippen molar-refractivity contribution in [3.05, 3.63) is 23.8 Å². The highest BCUT2D eigenvalue weighted by molar-refractivity contribution is 5.75. The van der Waals surface area contributed by atoms with Crippen LogP contribution in [0.5, 0.6) is 11.5 Å². The number of para-hydroxylation sites is 1. The fourth-order valence-corrected chi connectivity index (χ4v) is 1.06. The second kappa shape index (κ2) is 3.97. The summed E-state index contributed by atoms with van der Waals surface area (Å²) in [7, 11) is 1.34. The zero-order valence-corrected chi connectivity index (χ0v) is 7.47. The maximum Gasteiger partial charge on any atom is 0.337 e. The molecule has 1 atom stereocenters. The Hall–Kier alpha value is -1.75. The summed E-state index contributed by atoms with van der Waals surface area (Å²) >= 11 is 0. The molecule has 5 heteroatoms. The van der Waals surface area contributed by atoms with Crippen molar-refractivity contribution in [2.24, 2.45) is 0 Å². The van der Waals surface area contributed by atoms with Gasteiger partial charge in [-0.15, -0.1) is 0 Å². The number of aliphatic hydroxyl groups is 1. The van der Waals surface area contributed by atoms with Gasteiger partial charge < -0.3 is 20.1 Å². The fourth-order valence-electron chi connectivity index (χ4n) is 1.06. The Labute approximate surface area is 80.2 Å². The number of carbonyl (C=O) groups is 1. The first-order valence-electron chi connectivity index (χ1n) is 3.84. The number of carboxylic acid groups (broad SMARTS) is 1. The summed E-state index contributed by atoms with van der Waals surface area (Å²) in [4.78, 5) is 10.4. The molecule has 14 heavy (non-hydrogen) atoms. The van der Waals surface area contributed by atoms with E-state index in [0.29, 0.717) is 0 Å². The van der Waals surface area contributed by atoms with Crippen LogP contribution < -0.4 is 4.74 Å². The van der Waals surface area contributed by atoms with E-state index in [0.717, 1.165) is 0 Å².